The molecule has 0 N–H and O–H groups in total. The van der Waals surface area contributed by atoms with Crippen LogP contribution < -0.4 is 4.74 Å². The first-order valence-corrected chi connectivity index (χ1v) is 8.56. The Morgan fingerprint density at radius 1 is 1.04 bits per heavy atom. The molecule has 8 heteroatoms. The van der Waals surface area contributed by atoms with Gasteiger partial charge in [0, 0.05) is 32.0 Å². The van der Waals surface area contributed by atoms with E-state index in [-0.39, 0.29) is 13.2 Å². The molecule has 1 heterocycles. The molecule has 146 valence electrons. The molecule has 0 saturated carbocycles. The Morgan fingerprint density at radius 2 is 1.74 bits per heavy atom. The van der Waals surface area contributed by atoms with Crippen LogP contribution in [0.15, 0.2) is 24.4 Å². The Morgan fingerprint density at radius 3 is 2.37 bits per heavy atom. The predicted molar refractivity (Wildman–Crippen MR) is 98.9 cm³/mol. The molecule has 0 fully saturated rings. The summed E-state index contributed by atoms with van der Waals surface area (Å²) >= 11 is 0. The topological polar surface area (TPSA) is 87.1 Å². The standard InChI is InChI=1S/C19H24N2O6/c1-13(22)25-10-11-26-19(24)21-12-15(8-9-20(3)4)18-16(21)6-5-7-17(18)27-14(2)23/h5-7,12H,8-11H2,1-4H3. The third-order valence-electron chi connectivity index (χ3n) is 3.76. The van der Waals surface area contributed by atoms with Crippen molar-refractivity contribution >= 4 is 28.9 Å². The first kappa shape index (κ1) is 20.4. The van der Waals surface area contributed by atoms with E-state index in [4.69, 9.17) is 14.2 Å². The van der Waals surface area contributed by atoms with Crippen molar-refractivity contribution < 1.29 is 28.6 Å². The largest absolute Gasteiger partial charge is 0.462 e. The Kier molecular flexibility index (Phi) is 6.95. The number of benzene rings is 1. The maximum absolute atomic E-state index is 12.5. The molecule has 0 bridgehead atoms. The highest BCUT2D eigenvalue weighted by molar-refractivity contribution is 5.96. The number of esters is 2. The van der Waals surface area contributed by atoms with Crippen LogP contribution in [-0.4, -0.2) is 61.4 Å². The highest BCUT2D eigenvalue weighted by atomic mass is 16.6. The van der Waals surface area contributed by atoms with Crippen molar-refractivity contribution in [2.24, 2.45) is 0 Å². The lowest BCUT2D eigenvalue weighted by molar-refractivity contribution is -0.142. The van der Waals surface area contributed by atoms with Gasteiger partial charge in [0.1, 0.15) is 19.0 Å². The molecule has 2 rings (SSSR count). The molecule has 0 aliphatic rings. The van der Waals surface area contributed by atoms with E-state index in [0.717, 1.165) is 12.1 Å². The van der Waals surface area contributed by atoms with E-state index in [2.05, 4.69) is 0 Å². The molecule has 0 radical (unpaired) electrons. The number of carbonyl (C=O) groups is 3. The summed E-state index contributed by atoms with van der Waals surface area (Å²) in [4.78, 5) is 36.7. The summed E-state index contributed by atoms with van der Waals surface area (Å²) in [6.07, 6.45) is 1.76. The number of hydrogen-bond donors (Lipinski definition) is 0. The van der Waals surface area contributed by atoms with Gasteiger partial charge < -0.3 is 19.1 Å². The van der Waals surface area contributed by atoms with Crippen LogP contribution in [0.4, 0.5) is 4.79 Å². The minimum absolute atomic E-state index is 0.00748. The summed E-state index contributed by atoms with van der Waals surface area (Å²) in [5, 5.41) is 0.700. The summed E-state index contributed by atoms with van der Waals surface area (Å²) < 4.78 is 16.6. The smallest absolute Gasteiger partial charge is 0.418 e. The van der Waals surface area contributed by atoms with Crippen molar-refractivity contribution in [1.29, 1.82) is 0 Å². The Balaban J connectivity index is 2.33. The van der Waals surface area contributed by atoms with Gasteiger partial charge in [0.25, 0.3) is 0 Å². The van der Waals surface area contributed by atoms with E-state index in [9.17, 15) is 14.4 Å². The predicted octanol–water partition coefficient (Wildman–Crippen LogP) is 2.22. The molecule has 2 aromatic rings. The zero-order valence-corrected chi connectivity index (χ0v) is 16.0. The maximum atomic E-state index is 12.5. The molecule has 0 unspecified atom stereocenters. The number of ether oxygens (including phenoxy) is 3. The minimum Gasteiger partial charge on any atom is -0.462 e. The van der Waals surface area contributed by atoms with Crippen LogP contribution in [0.5, 0.6) is 5.75 Å². The lowest BCUT2D eigenvalue weighted by Gasteiger charge is -2.09. The fraction of sp³-hybridized carbons (Fsp3) is 0.421. The summed E-state index contributed by atoms with van der Waals surface area (Å²) in [6, 6.07) is 5.16. The van der Waals surface area contributed by atoms with Crippen LogP contribution in [0.3, 0.4) is 0 Å². The van der Waals surface area contributed by atoms with Crippen LogP contribution in [0, 0.1) is 0 Å². The molecule has 8 nitrogen and oxygen atoms in total. The molecule has 0 aliphatic carbocycles. The maximum Gasteiger partial charge on any atom is 0.418 e. The van der Waals surface area contributed by atoms with E-state index in [1.54, 1.807) is 24.4 Å². The average molecular weight is 376 g/mol. The number of likely N-dealkylation sites (N-methyl/N-ethyl adjacent to an activating group) is 1. The number of rotatable bonds is 7. The van der Waals surface area contributed by atoms with Crippen molar-refractivity contribution in [3.63, 3.8) is 0 Å². The molecule has 0 aliphatic heterocycles. The average Bonchev–Trinajstić information content (AvgIpc) is 2.96. The van der Waals surface area contributed by atoms with E-state index in [0.29, 0.717) is 23.1 Å². The Bertz CT molecular complexity index is 840. The first-order chi connectivity index (χ1) is 12.8. The lowest BCUT2D eigenvalue weighted by Crippen LogP contribution is -2.17. The molecule has 0 spiro atoms. The molecule has 0 amide bonds. The van der Waals surface area contributed by atoms with Crippen LogP contribution in [0.2, 0.25) is 0 Å². The zero-order valence-electron chi connectivity index (χ0n) is 16.0. The number of carbonyl (C=O) groups excluding carboxylic acids is 3. The summed E-state index contributed by atoms with van der Waals surface area (Å²) in [7, 11) is 3.91. The van der Waals surface area contributed by atoms with Gasteiger partial charge >= 0.3 is 18.0 Å². The molecular formula is C19H24N2O6. The Labute approximate surface area is 157 Å². The van der Waals surface area contributed by atoms with E-state index >= 15 is 0 Å². The van der Waals surface area contributed by atoms with E-state index in [1.807, 2.05) is 19.0 Å². The highest BCUT2D eigenvalue weighted by Crippen LogP contribution is 2.31. The molecule has 0 saturated heterocycles. The van der Waals surface area contributed by atoms with Gasteiger partial charge in [-0.15, -0.1) is 0 Å². The molecule has 0 atom stereocenters. The van der Waals surface area contributed by atoms with Crippen molar-refractivity contribution in [1.82, 2.24) is 9.47 Å². The second kappa shape index (κ2) is 9.18. The molecule has 27 heavy (non-hydrogen) atoms. The first-order valence-electron chi connectivity index (χ1n) is 8.56. The summed E-state index contributed by atoms with van der Waals surface area (Å²) in [5.74, 6) is -0.465. The Hall–Kier alpha value is -2.87. The van der Waals surface area contributed by atoms with Gasteiger partial charge in [-0.05, 0) is 38.2 Å². The van der Waals surface area contributed by atoms with E-state index < -0.39 is 18.0 Å². The van der Waals surface area contributed by atoms with E-state index in [1.165, 1.54) is 18.4 Å². The van der Waals surface area contributed by atoms with Crippen LogP contribution in [0.25, 0.3) is 10.9 Å². The van der Waals surface area contributed by atoms with Crippen molar-refractivity contribution in [2.45, 2.75) is 20.3 Å². The third kappa shape index (κ3) is 5.55. The highest BCUT2D eigenvalue weighted by Gasteiger charge is 2.19. The van der Waals surface area contributed by atoms with Gasteiger partial charge in [0.15, 0.2) is 0 Å². The number of fused-ring (bicyclic) bond motifs is 1. The van der Waals surface area contributed by atoms with Crippen molar-refractivity contribution in [3.8, 4) is 5.75 Å². The van der Waals surface area contributed by atoms with Crippen molar-refractivity contribution in [2.75, 3.05) is 33.9 Å². The van der Waals surface area contributed by atoms with Gasteiger partial charge in [-0.1, -0.05) is 6.07 Å². The van der Waals surface area contributed by atoms with Gasteiger partial charge in [-0.25, -0.2) is 4.79 Å². The number of aromatic nitrogens is 1. The molecular weight excluding hydrogens is 352 g/mol. The summed E-state index contributed by atoms with van der Waals surface area (Å²) in [5.41, 5.74) is 1.45. The molecule has 1 aromatic carbocycles. The van der Waals surface area contributed by atoms with Gasteiger partial charge in [0.05, 0.1) is 5.52 Å². The fourth-order valence-corrected chi connectivity index (χ4v) is 2.64. The van der Waals surface area contributed by atoms with Gasteiger partial charge in [0.2, 0.25) is 0 Å². The monoisotopic (exact) mass is 376 g/mol. The van der Waals surface area contributed by atoms with Crippen LogP contribution >= 0.6 is 0 Å². The van der Waals surface area contributed by atoms with Crippen molar-refractivity contribution in [3.05, 3.63) is 30.0 Å². The van der Waals surface area contributed by atoms with Gasteiger partial charge in [-0.2, -0.15) is 0 Å². The minimum atomic E-state index is -0.594. The second-order valence-electron chi connectivity index (χ2n) is 6.28. The van der Waals surface area contributed by atoms with Gasteiger partial charge in [-0.3, -0.25) is 14.2 Å². The molecule has 1 aromatic heterocycles. The zero-order chi connectivity index (χ0) is 20.0. The number of nitrogens with zero attached hydrogens (tertiary/aromatic N) is 2. The van der Waals surface area contributed by atoms with Crippen LogP contribution in [-0.2, 0) is 25.5 Å². The third-order valence-corrected chi connectivity index (χ3v) is 3.76. The quantitative estimate of drug-likeness (QED) is 0.416. The van der Waals surface area contributed by atoms with Crippen LogP contribution in [0.1, 0.15) is 19.4 Å². The second-order valence-corrected chi connectivity index (χ2v) is 6.28. The lowest BCUT2D eigenvalue weighted by atomic mass is 10.1. The SMILES string of the molecule is CC(=O)OCCOC(=O)n1cc(CCN(C)C)c2c(OC(C)=O)cccc21. The fourth-order valence-electron chi connectivity index (χ4n) is 2.64. The number of hydrogen-bond acceptors (Lipinski definition) is 7. The summed E-state index contributed by atoms with van der Waals surface area (Å²) in [6.45, 7) is 3.32. The normalized spacial score (nSPS) is 10.9.